The van der Waals surface area contributed by atoms with E-state index in [4.69, 9.17) is 14.0 Å². The van der Waals surface area contributed by atoms with E-state index in [1.807, 2.05) is 42.5 Å². The molecular weight excluding hydrogens is 382 g/mol. The lowest BCUT2D eigenvalue weighted by Gasteiger charge is -2.34. The van der Waals surface area contributed by atoms with Crippen LogP contribution in [-0.4, -0.2) is 55.9 Å². The summed E-state index contributed by atoms with van der Waals surface area (Å²) in [6.07, 6.45) is 0. The van der Waals surface area contributed by atoms with E-state index in [0.29, 0.717) is 31.3 Å². The van der Waals surface area contributed by atoms with Gasteiger partial charge in [-0.2, -0.15) is 0 Å². The number of aromatic nitrogens is 1. The molecule has 0 spiro atoms. The molecule has 156 valence electrons. The number of ether oxygens (including phenoxy) is 2. The monoisotopic (exact) mass is 407 g/mol. The minimum Gasteiger partial charge on any atom is -0.496 e. The molecule has 1 N–H and O–H groups in total. The number of nitrogens with one attached hydrogen (secondary N) is 1. The number of rotatable bonds is 7. The molecule has 3 aromatic rings. The van der Waals surface area contributed by atoms with Gasteiger partial charge in [0.1, 0.15) is 5.75 Å². The smallest absolute Gasteiger partial charge is 0.273 e. The van der Waals surface area contributed by atoms with E-state index in [2.05, 4.69) is 27.5 Å². The van der Waals surface area contributed by atoms with Crippen molar-refractivity contribution >= 4 is 5.91 Å². The number of amides is 1. The van der Waals surface area contributed by atoms with Gasteiger partial charge in [-0.1, -0.05) is 47.6 Å². The first-order valence-corrected chi connectivity index (χ1v) is 10.0. The summed E-state index contributed by atoms with van der Waals surface area (Å²) in [5.74, 6) is 0.886. The van der Waals surface area contributed by atoms with Crippen molar-refractivity contribution in [2.24, 2.45) is 0 Å². The molecule has 0 bridgehead atoms. The number of methoxy groups -OCH3 is 1. The number of benzene rings is 2. The van der Waals surface area contributed by atoms with E-state index < -0.39 is 0 Å². The lowest BCUT2D eigenvalue weighted by atomic mass is 10.0. The van der Waals surface area contributed by atoms with E-state index >= 15 is 0 Å². The highest BCUT2D eigenvalue weighted by atomic mass is 16.5. The number of carbonyl (C=O) groups is 1. The molecule has 7 heteroatoms. The molecule has 1 aliphatic heterocycles. The van der Waals surface area contributed by atoms with E-state index in [-0.39, 0.29) is 17.6 Å². The quantitative estimate of drug-likeness (QED) is 0.648. The van der Waals surface area contributed by atoms with Gasteiger partial charge >= 0.3 is 0 Å². The van der Waals surface area contributed by atoms with Crippen molar-refractivity contribution in [3.05, 3.63) is 71.9 Å². The van der Waals surface area contributed by atoms with Crippen LogP contribution < -0.4 is 10.1 Å². The van der Waals surface area contributed by atoms with Crippen molar-refractivity contribution in [2.75, 3.05) is 40.0 Å². The molecule has 7 nitrogen and oxygen atoms in total. The largest absolute Gasteiger partial charge is 0.496 e. The van der Waals surface area contributed by atoms with Gasteiger partial charge in [-0.15, -0.1) is 0 Å². The third kappa shape index (κ3) is 4.53. The summed E-state index contributed by atoms with van der Waals surface area (Å²) in [5.41, 5.74) is 2.15. The maximum absolute atomic E-state index is 12.8. The highest BCUT2D eigenvalue weighted by molar-refractivity contribution is 5.93. The molecule has 1 atom stereocenters. The summed E-state index contributed by atoms with van der Waals surface area (Å²) in [4.78, 5) is 15.1. The predicted octanol–water partition coefficient (Wildman–Crippen LogP) is 3.15. The Morgan fingerprint density at radius 3 is 2.63 bits per heavy atom. The Balaban J connectivity index is 1.47. The molecule has 30 heavy (non-hydrogen) atoms. The van der Waals surface area contributed by atoms with Crippen LogP contribution in [0.3, 0.4) is 0 Å². The van der Waals surface area contributed by atoms with Gasteiger partial charge in [-0.3, -0.25) is 9.69 Å². The van der Waals surface area contributed by atoms with Gasteiger partial charge < -0.3 is 19.3 Å². The lowest BCUT2D eigenvalue weighted by Crippen LogP contribution is -2.43. The average molecular weight is 407 g/mol. The summed E-state index contributed by atoms with van der Waals surface area (Å²) in [7, 11) is 1.60. The second-order valence-electron chi connectivity index (χ2n) is 7.06. The second-order valence-corrected chi connectivity index (χ2v) is 7.06. The fraction of sp³-hybridized carbons (Fsp3) is 0.304. The number of morpholine rings is 1. The summed E-state index contributed by atoms with van der Waals surface area (Å²) < 4.78 is 16.2. The average Bonchev–Trinajstić information content (AvgIpc) is 3.31. The fourth-order valence-electron chi connectivity index (χ4n) is 3.66. The zero-order chi connectivity index (χ0) is 20.8. The van der Waals surface area contributed by atoms with Crippen molar-refractivity contribution in [2.45, 2.75) is 6.04 Å². The van der Waals surface area contributed by atoms with Crippen LogP contribution in [0.2, 0.25) is 0 Å². The van der Waals surface area contributed by atoms with Gasteiger partial charge in [-0.05, 0) is 17.7 Å². The molecule has 2 heterocycles. The molecule has 1 aromatic heterocycles. The normalized spacial score (nSPS) is 15.5. The van der Waals surface area contributed by atoms with Gasteiger partial charge in [-0.25, -0.2) is 0 Å². The minimum absolute atomic E-state index is 0.0691. The van der Waals surface area contributed by atoms with E-state index in [1.54, 1.807) is 13.2 Å². The standard InChI is InChI=1S/C23H25N3O4/c1-28-21-10-6-5-9-18(21)22-15-19(25-30-22)23(27)24-16-20(17-7-3-2-4-8-17)26-11-13-29-14-12-26/h2-10,15,20H,11-14,16H2,1H3,(H,24,27). The minimum atomic E-state index is -0.269. The first kappa shape index (κ1) is 20.1. The van der Waals surface area contributed by atoms with Crippen LogP contribution in [0.4, 0.5) is 0 Å². The number of nitrogens with zero attached hydrogens (tertiary/aromatic N) is 2. The van der Waals surface area contributed by atoms with E-state index in [1.165, 1.54) is 0 Å². The first-order valence-electron chi connectivity index (χ1n) is 10.0. The predicted molar refractivity (Wildman–Crippen MR) is 112 cm³/mol. The van der Waals surface area contributed by atoms with Crippen molar-refractivity contribution in [1.82, 2.24) is 15.4 Å². The molecule has 1 fully saturated rings. The molecule has 0 saturated carbocycles. The van der Waals surface area contributed by atoms with Crippen LogP contribution in [0, 0.1) is 0 Å². The summed E-state index contributed by atoms with van der Waals surface area (Å²) >= 11 is 0. The number of hydrogen-bond acceptors (Lipinski definition) is 6. The molecular formula is C23H25N3O4. The van der Waals surface area contributed by atoms with Crippen molar-refractivity contribution in [1.29, 1.82) is 0 Å². The van der Waals surface area contributed by atoms with E-state index in [0.717, 1.165) is 24.2 Å². The summed E-state index contributed by atoms with van der Waals surface area (Å²) in [6, 6.07) is 19.4. The topological polar surface area (TPSA) is 76.8 Å². The lowest BCUT2D eigenvalue weighted by molar-refractivity contribution is 0.0162. The van der Waals surface area contributed by atoms with Gasteiger partial charge in [0.15, 0.2) is 11.5 Å². The molecule has 0 radical (unpaired) electrons. The van der Waals surface area contributed by atoms with Crippen LogP contribution >= 0.6 is 0 Å². The Morgan fingerprint density at radius 1 is 1.13 bits per heavy atom. The number of para-hydroxylation sites is 1. The van der Waals surface area contributed by atoms with Gasteiger partial charge in [0.25, 0.3) is 5.91 Å². The highest BCUT2D eigenvalue weighted by Crippen LogP contribution is 2.30. The molecule has 2 aromatic carbocycles. The molecule has 1 aliphatic rings. The Labute approximate surface area is 175 Å². The Morgan fingerprint density at radius 2 is 1.87 bits per heavy atom. The molecule has 1 unspecified atom stereocenters. The number of carbonyl (C=O) groups excluding carboxylic acids is 1. The van der Waals surface area contributed by atoms with Gasteiger partial charge in [0, 0.05) is 25.7 Å². The van der Waals surface area contributed by atoms with Crippen LogP contribution in [0.15, 0.2) is 65.2 Å². The number of hydrogen-bond donors (Lipinski definition) is 1. The zero-order valence-corrected chi connectivity index (χ0v) is 16.9. The SMILES string of the molecule is COc1ccccc1-c1cc(C(=O)NCC(c2ccccc2)N2CCOCC2)no1. The molecule has 1 amide bonds. The maximum Gasteiger partial charge on any atom is 0.273 e. The maximum atomic E-state index is 12.8. The Hall–Kier alpha value is -3.16. The second kappa shape index (κ2) is 9.56. The molecule has 4 rings (SSSR count). The third-order valence-corrected chi connectivity index (χ3v) is 5.24. The van der Waals surface area contributed by atoms with Crippen molar-refractivity contribution in [3.63, 3.8) is 0 Å². The molecule has 0 aliphatic carbocycles. The fourth-order valence-corrected chi connectivity index (χ4v) is 3.66. The summed E-state index contributed by atoms with van der Waals surface area (Å²) in [6.45, 7) is 3.53. The van der Waals surface area contributed by atoms with Crippen LogP contribution in [0.25, 0.3) is 11.3 Å². The van der Waals surface area contributed by atoms with Crippen LogP contribution in [-0.2, 0) is 4.74 Å². The summed E-state index contributed by atoms with van der Waals surface area (Å²) in [5, 5.41) is 6.97. The zero-order valence-electron chi connectivity index (χ0n) is 16.9. The van der Waals surface area contributed by atoms with E-state index in [9.17, 15) is 4.79 Å². The third-order valence-electron chi connectivity index (χ3n) is 5.24. The highest BCUT2D eigenvalue weighted by Gasteiger charge is 2.24. The Kier molecular flexibility index (Phi) is 6.41. The van der Waals surface area contributed by atoms with Crippen molar-refractivity contribution in [3.8, 4) is 17.1 Å². The van der Waals surface area contributed by atoms with Crippen LogP contribution in [0.5, 0.6) is 5.75 Å². The van der Waals surface area contributed by atoms with Gasteiger partial charge in [0.05, 0.1) is 31.9 Å². The first-order chi connectivity index (χ1) is 14.8. The van der Waals surface area contributed by atoms with Crippen molar-refractivity contribution < 1.29 is 18.8 Å². The van der Waals surface area contributed by atoms with Crippen LogP contribution in [0.1, 0.15) is 22.1 Å². The molecule has 1 saturated heterocycles. The Bertz CT molecular complexity index is 967. The van der Waals surface area contributed by atoms with Gasteiger partial charge in [0.2, 0.25) is 0 Å².